The van der Waals surface area contributed by atoms with Gasteiger partial charge in [-0.15, -0.1) is 0 Å². The highest BCUT2D eigenvalue weighted by atomic mass is 32.2. The lowest BCUT2D eigenvalue weighted by Gasteiger charge is -2.10. The van der Waals surface area contributed by atoms with Gasteiger partial charge in [-0.05, 0) is 61.6 Å². The first-order chi connectivity index (χ1) is 13.4. The molecule has 0 atom stereocenters. The molecule has 0 bridgehead atoms. The molecule has 1 aliphatic carbocycles. The molecule has 4 rings (SSSR count). The Hall–Kier alpha value is -2.58. The summed E-state index contributed by atoms with van der Waals surface area (Å²) in [6, 6.07) is 8.35. The number of rotatable bonds is 5. The molecule has 148 valence electrons. The summed E-state index contributed by atoms with van der Waals surface area (Å²) in [5.74, 6) is -0.199. The Kier molecular flexibility index (Phi) is 4.76. The largest absolute Gasteiger partial charge is 0.454 e. The molecule has 0 saturated carbocycles. The molecule has 8 heteroatoms. The molecule has 0 aliphatic heterocycles. The van der Waals surface area contributed by atoms with Gasteiger partial charge in [0.1, 0.15) is 12.4 Å². The minimum atomic E-state index is -3.65. The van der Waals surface area contributed by atoms with Gasteiger partial charge in [-0.1, -0.05) is 0 Å². The number of ether oxygens (including phenoxy) is 1. The first kappa shape index (κ1) is 18.8. The predicted octanol–water partition coefficient (Wildman–Crippen LogP) is 3.25. The van der Waals surface area contributed by atoms with E-state index < -0.39 is 16.0 Å². The van der Waals surface area contributed by atoms with Gasteiger partial charge >= 0.3 is 5.97 Å². The number of carbonyl (C=O) groups is 1. The normalized spacial score (nSPS) is 14.4. The summed E-state index contributed by atoms with van der Waals surface area (Å²) >= 11 is 0. The van der Waals surface area contributed by atoms with E-state index in [0.717, 1.165) is 34.5 Å². The van der Waals surface area contributed by atoms with Gasteiger partial charge in [-0.2, -0.15) is 0 Å². The van der Waals surface area contributed by atoms with E-state index in [4.69, 9.17) is 9.15 Å². The van der Waals surface area contributed by atoms with Crippen LogP contribution in [-0.2, 0) is 34.2 Å². The van der Waals surface area contributed by atoms with Crippen molar-refractivity contribution in [2.45, 2.75) is 37.4 Å². The van der Waals surface area contributed by atoms with Gasteiger partial charge in [0.15, 0.2) is 0 Å². The number of furan rings is 1. The number of aromatic amines is 1. The van der Waals surface area contributed by atoms with Gasteiger partial charge in [0.25, 0.3) is 10.0 Å². The third-order valence-corrected chi connectivity index (χ3v) is 6.74. The maximum Gasteiger partial charge on any atom is 0.338 e. The Morgan fingerprint density at radius 3 is 2.75 bits per heavy atom. The number of nitrogens with zero attached hydrogens (tertiary/aromatic N) is 1. The number of sulfonamides is 1. The number of H-pyrrole nitrogens is 1. The van der Waals surface area contributed by atoms with Gasteiger partial charge in [-0.25, -0.2) is 17.5 Å². The average Bonchev–Trinajstić information content (AvgIpc) is 3.30. The highest BCUT2D eigenvalue weighted by Crippen LogP contribution is 2.30. The number of benzene rings is 1. The van der Waals surface area contributed by atoms with Crippen LogP contribution < -0.4 is 0 Å². The van der Waals surface area contributed by atoms with Crippen LogP contribution in [0.1, 0.15) is 40.2 Å². The average molecular weight is 402 g/mol. The second-order valence-electron chi connectivity index (χ2n) is 7.13. The zero-order chi connectivity index (χ0) is 19.9. The molecule has 1 N–H and O–H groups in total. The third-order valence-electron chi connectivity index (χ3n) is 5.05. The maximum atomic E-state index is 12.5. The van der Waals surface area contributed by atoms with Crippen molar-refractivity contribution >= 4 is 26.9 Å². The number of hydrogen-bond donors (Lipinski definition) is 1. The van der Waals surface area contributed by atoms with E-state index in [-0.39, 0.29) is 17.5 Å². The van der Waals surface area contributed by atoms with E-state index >= 15 is 0 Å². The maximum absolute atomic E-state index is 12.5. The standard InChI is InChI=1S/C20H22N2O5S/c1-22(2)28(24,25)19-10-8-14(27-19)12-26-20(23)13-7-9-18-16(11-13)15-5-3-4-6-17(15)21-18/h7-11,21H,3-6,12H2,1-2H3. The molecule has 2 aromatic heterocycles. The lowest BCUT2D eigenvalue weighted by atomic mass is 9.95. The Bertz CT molecular complexity index is 1140. The van der Waals surface area contributed by atoms with E-state index in [2.05, 4.69) is 4.98 Å². The highest BCUT2D eigenvalue weighted by molar-refractivity contribution is 7.88. The van der Waals surface area contributed by atoms with Gasteiger partial charge < -0.3 is 14.1 Å². The van der Waals surface area contributed by atoms with Gasteiger partial charge in [-0.3, -0.25) is 0 Å². The van der Waals surface area contributed by atoms with Crippen molar-refractivity contribution in [2.75, 3.05) is 14.1 Å². The highest BCUT2D eigenvalue weighted by Gasteiger charge is 2.22. The van der Waals surface area contributed by atoms with Crippen LogP contribution in [0, 0.1) is 0 Å². The van der Waals surface area contributed by atoms with Crippen LogP contribution in [0.3, 0.4) is 0 Å². The van der Waals surface area contributed by atoms with Crippen LogP contribution >= 0.6 is 0 Å². The fourth-order valence-electron chi connectivity index (χ4n) is 3.51. The molecule has 1 aliphatic rings. The fourth-order valence-corrected chi connectivity index (χ4v) is 4.32. The summed E-state index contributed by atoms with van der Waals surface area (Å²) in [7, 11) is -0.803. The van der Waals surface area contributed by atoms with E-state index in [9.17, 15) is 13.2 Å². The third kappa shape index (κ3) is 3.33. The summed E-state index contributed by atoms with van der Waals surface area (Å²) < 4.78 is 35.8. The van der Waals surface area contributed by atoms with Crippen LogP contribution in [0.4, 0.5) is 0 Å². The number of nitrogens with one attached hydrogen (secondary N) is 1. The quantitative estimate of drug-likeness (QED) is 0.662. The Morgan fingerprint density at radius 1 is 1.18 bits per heavy atom. The van der Waals surface area contributed by atoms with E-state index in [1.165, 1.54) is 43.9 Å². The molecule has 0 radical (unpaired) electrons. The molecule has 28 heavy (non-hydrogen) atoms. The number of aryl methyl sites for hydroxylation is 2. The molecular weight excluding hydrogens is 380 g/mol. The lowest BCUT2D eigenvalue weighted by molar-refractivity contribution is 0.0441. The number of aromatic nitrogens is 1. The van der Waals surface area contributed by atoms with Gasteiger partial charge in [0.2, 0.25) is 5.09 Å². The van der Waals surface area contributed by atoms with Crippen molar-refractivity contribution in [1.82, 2.24) is 9.29 Å². The molecule has 0 spiro atoms. The van der Waals surface area contributed by atoms with Gasteiger partial charge in [0.05, 0.1) is 5.56 Å². The SMILES string of the molecule is CN(C)S(=O)(=O)c1ccc(COC(=O)c2ccc3[nH]c4c(c3c2)CCCC4)o1. The van der Waals surface area contributed by atoms with E-state index in [1.54, 1.807) is 6.07 Å². The van der Waals surface area contributed by atoms with Crippen LogP contribution in [0.2, 0.25) is 0 Å². The number of hydrogen-bond acceptors (Lipinski definition) is 5. The minimum absolute atomic E-state index is 0.134. The number of carbonyl (C=O) groups excluding carboxylic acids is 1. The summed E-state index contributed by atoms with van der Waals surface area (Å²) in [6.45, 7) is -0.134. The second kappa shape index (κ2) is 7.10. The van der Waals surface area contributed by atoms with Crippen molar-refractivity contribution in [2.24, 2.45) is 0 Å². The Labute approximate surface area is 163 Å². The zero-order valence-electron chi connectivity index (χ0n) is 15.8. The molecular formula is C20H22N2O5S. The van der Waals surface area contributed by atoms with Crippen LogP contribution in [0.15, 0.2) is 39.8 Å². The molecule has 1 aromatic carbocycles. The van der Waals surface area contributed by atoms with Crippen molar-refractivity contribution in [3.8, 4) is 0 Å². The lowest BCUT2D eigenvalue weighted by Crippen LogP contribution is -2.21. The molecule has 0 fully saturated rings. The molecule has 3 aromatic rings. The van der Waals surface area contributed by atoms with Gasteiger partial charge in [0, 0.05) is 30.7 Å². The molecule has 0 saturated heterocycles. The predicted molar refractivity (Wildman–Crippen MR) is 104 cm³/mol. The minimum Gasteiger partial charge on any atom is -0.454 e. The summed E-state index contributed by atoms with van der Waals surface area (Å²) in [4.78, 5) is 15.9. The molecule has 2 heterocycles. The molecule has 0 unspecified atom stereocenters. The van der Waals surface area contributed by atoms with Crippen molar-refractivity contribution < 1.29 is 22.4 Å². The van der Waals surface area contributed by atoms with Crippen molar-refractivity contribution in [3.63, 3.8) is 0 Å². The Balaban J connectivity index is 1.49. The molecule has 0 amide bonds. The monoisotopic (exact) mass is 402 g/mol. The van der Waals surface area contributed by atoms with E-state index in [1.807, 2.05) is 12.1 Å². The first-order valence-electron chi connectivity index (χ1n) is 9.18. The van der Waals surface area contributed by atoms with Crippen LogP contribution in [0.25, 0.3) is 10.9 Å². The number of fused-ring (bicyclic) bond motifs is 3. The van der Waals surface area contributed by atoms with Crippen molar-refractivity contribution in [1.29, 1.82) is 0 Å². The molecule has 7 nitrogen and oxygen atoms in total. The smallest absolute Gasteiger partial charge is 0.338 e. The second-order valence-corrected chi connectivity index (χ2v) is 9.22. The summed E-state index contributed by atoms with van der Waals surface area (Å²) in [5, 5.41) is 0.894. The van der Waals surface area contributed by atoms with E-state index in [0.29, 0.717) is 5.56 Å². The Morgan fingerprint density at radius 2 is 1.96 bits per heavy atom. The fraction of sp³-hybridized carbons (Fsp3) is 0.350. The summed E-state index contributed by atoms with van der Waals surface area (Å²) in [6.07, 6.45) is 4.40. The number of esters is 1. The van der Waals surface area contributed by atoms with Crippen LogP contribution in [-0.4, -0.2) is 37.8 Å². The first-order valence-corrected chi connectivity index (χ1v) is 10.6. The van der Waals surface area contributed by atoms with Crippen LogP contribution in [0.5, 0.6) is 0 Å². The zero-order valence-corrected chi connectivity index (χ0v) is 16.6. The van der Waals surface area contributed by atoms with Crippen molar-refractivity contribution in [3.05, 3.63) is 52.9 Å². The summed E-state index contributed by atoms with van der Waals surface area (Å²) in [5.41, 5.74) is 4.05. The topological polar surface area (TPSA) is 92.6 Å².